The highest BCUT2D eigenvalue weighted by atomic mass is 16.3. The van der Waals surface area contributed by atoms with Crippen molar-refractivity contribution >= 4 is 0 Å². The molecular formula is C8H17NO2. The van der Waals surface area contributed by atoms with Gasteiger partial charge < -0.3 is 15.5 Å². The van der Waals surface area contributed by atoms with E-state index in [4.69, 9.17) is 10.2 Å². The van der Waals surface area contributed by atoms with Gasteiger partial charge in [0.1, 0.15) is 0 Å². The molecule has 1 aliphatic rings. The Kier molecular flexibility index (Phi) is 2.87. The molecule has 0 aromatic rings. The third-order valence-corrected chi connectivity index (χ3v) is 2.23. The molecule has 1 atom stereocenters. The van der Waals surface area contributed by atoms with Crippen LogP contribution in [0, 0.1) is 5.41 Å². The lowest BCUT2D eigenvalue weighted by Gasteiger charge is -2.13. The van der Waals surface area contributed by atoms with Crippen LogP contribution in [0.5, 0.6) is 0 Å². The molecule has 0 radical (unpaired) electrons. The third kappa shape index (κ3) is 2.77. The van der Waals surface area contributed by atoms with E-state index in [1.54, 1.807) is 6.92 Å². The van der Waals surface area contributed by atoms with Crippen LogP contribution >= 0.6 is 0 Å². The van der Waals surface area contributed by atoms with Gasteiger partial charge in [-0.2, -0.15) is 0 Å². The molecule has 11 heavy (non-hydrogen) atoms. The molecule has 3 heteroatoms. The third-order valence-electron chi connectivity index (χ3n) is 2.23. The molecule has 1 rings (SSSR count). The van der Waals surface area contributed by atoms with E-state index in [9.17, 15) is 0 Å². The Bertz CT molecular complexity index is 121. The summed E-state index contributed by atoms with van der Waals surface area (Å²) in [7, 11) is 0. The molecule has 0 saturated heterocycles. The molecule has 1 fully saturated rings. The number of hydrogen-bond acceptors (Lipinski definition) is 3. The van der Waals surface area contributed by atoms with Gasteiger partial charge in [0.2, 0.25) is 0 Å². The predicted molar refractivity (Wildman–Crippen MR) is 43.3 cm³/mol. The number of aliphatic hydroxyl groups is 2. The number of hydrogen-bond donors (Lipinski definition) is 3. The highest BCUT2D eigenvalue weighted by Gasteiger charge is 2.41. The first-order valence-electron chi connectivity index (χ1n) is 4.18. The fourth-order valence-electron chi connectivity index (χ4n) is 1.11. The molecule has 0 aromatic heterocycles. The molecule has 0 bridgehead atoms. The number of nitrogens with one attached hydrogen (secondary N) is 1. The quantitative estimate of drug-likeness (QED) is 0.517. The van der Waals surface area contributed by atoms with Crippen molar-refractivity contribution in [3.05, 3.63) is 0 Å². The second kappa shape index (κ2) is 3.52. The Morgan fingerprint density at radius 2 is 2.18 bits per heavy atom. The minimum Gasteiger partial charge on any atom is -0.396 e. The zero-order valence-electron chi connectivity index (χ0n) is 7.01. The second-order valence-corrected chi connectivity index (χ2v) is 3.64. The van der Waals surface area contributed by atoms with E-state index in [2.05, 4.69) is 5.32 Å². The normalized spacial score (nSPS) is 23.2. The van der Waals surface area contributed by atoms with Gasteiger partial charge in [0.25, 0.3) is 0 Å². The minimum absolute atomic E-state index is 0.162. The predicted octanol–water partition coefficient (Wildman–Crippen LogP) is -0.271. The van der Waals surface area contributed by atoms with Crippen LogP contribution in [-0.4, -0.2) is 36.0 Å². The summed E-state index contributed by atoms with van der Waals surface area (Å²) in [5.41, 5.74) is 0.162. The molecule has 66 valence electrons. The maximum absolute atomic E-state index is 8.92. The Labute approximate surface area is 67.4 Å². The Balaban J connectivity index is 2.03. The molecular weight excluding hydrogens is 142 g/mol. The first-order chi connectivity index (χ1) is 5.18. The fourth-order valence-corrected chi connectivity index (χ4v) is 1.11. The van der Waals surface area contributed by atoms with Gasteiger partial charge in [-0.15, -0.1) is 0 Å². The molecule has 1 saturated carbocycles. The maximum atomic E-state index is 8.92. The van der Waals surface area contributed by atoms with Crippen molar-refractivity contribution < 1.29 is 10.2 Å². The van der Waals surface area contributed by atoms with E-state index in [-0.39, 0.29) is 18.1 Å². The van der Waals surface area contributed by atoms with Gasteiger partial charge in [0.15, 0.2) is 0 Å². The van der Waals surface area contributed by atoms with Crippen LogP contribution < -0.4 is 5.32 Å². The number of aliphatic hydroxyl groups excluding tert-OH is 2. The van der Waals surface area contributed by atoms with Crippen LogP contribution in [0.3, 0.4) is 0 Å². The van der Waals surface area contributed by atoms with E-state index < -0.39 is 0 Å². The molecule has 1 aliphatic carbocycles. The van der Waals surface area contributed by atoms with E-state index >= 15 is 0 Å². The topological polar surface area (TPSA) is 52.5 Å². The Hall–Kier alpha value is -0.120. The van der Waals surface area contributed by atoms with Crippen molar-refractivity contribution in [1.29, 1.82) is 0 Å². The first-order valence-corrected chi connectivity index (χ1v) is 4.18. The monoisotopic (exact) mass is 159 g/mol. The molecule has 1 unspecified atom stereocenters. The van der Waals surface area contributed by atoms with E-state index in [1.165, 1.54) is 0 Å². The van der Waals surface area contributed by atoms with Crippen molar-refractivity contribution in [2.75, 3.05) is 19.7 Å². The minimum atomic E-state index is -0.288. The van der Waals surface area contributed by atoms with E-state index in [0.717, 1.165) is 19.4 Å². The summed E-state index contributed by atoms with van der Waals surface area (Å²) in [6.45, 7) is 3.50. The highest BCUT2D eigenvalue weighted by molar-refractivity contribution is 4.94. The molecule has 0 aliphatic heterocycles. The smallest absolute Gasteiger partial charge is 0.0636 e. The van der Waals surface area contributed by atoms with Crippen molar-refractivity contribution in [2.24, 2.45) is 5.41 Å². The first kappa shape index (κ1) is 8.97. The molecule has 0 heterocycles. The summed E-state index contributed by atoms with van der Waals surface area (Å²) in [5, 5.41) is 21.0. The molecule has 3 nitrogen and oxygen atoms in total. The van der Waals surface area contributed by atoms with Crippen LogP contribution in [-0.2, 0) is 0 Å². The lowest BCUT2D eigenvalue weighted by molar-refractivity contribution is 0.174. The highest BCUT2D eigenvalue weighted by Crippen LogP contribution is 2.44. The molecule has 0 aromatic carbocycles. The van der Waals surface area contributed by atoms with Crippen molar-refractivity contribution in [1.82, 2.24) is 5.32 Å². The molecule has 0 amide bonds. The second-order valence-electron chi connectivity index (χ2n) is 3.64. The van der Waals surface area contributed by atoms with Crippen LogP contribution in [0.15, 0.2) is 0 Å². The van der Waals surface area contributed by atoms with Crippen LogP contribution in [0.25, 0.3) is 0 Å². The van der Waals surface area contributed by atoms with Crippen molar-refractivity contribution in [3.63, 3.8) is 0 Å². The average Bonchev–Trinajstić information content (AvgIpc) is 2.69. The molecule has 3 N–H and O–H groups in total. The van der Waals surface area contributed by atoms with Gasteiger partial charge in [-0.3, -0.25) is 0 Å². The van der Waals surface area contributed by atoms with Crippen LogP contribution in [0.1, 0.15) is 19.8 Å². The lowest BCUT2D eigenvalue weighted by atomic mass is 10.1. The zero-order valence-corrected chi connectivity index (χ0v) is 7.01. The largest absolute Gasteiger partial charge is 0.396 e. The van der Waals surface area contributed by atoms with Gasteiger partial charge in [-0.1, -0.05) is 0 Å². The summed E-state index contributed by atoms with van der Waals surface area (Å²) in [6, 6.07) is 0. The van der Waals surface area contributed by atoms with Crippen LogP contribution in [0.4, 0.5) is 0 Å². The van der Waals surface area contributed by atoms with E-state index in [0.29, 0.717) is 6.54 Å². The van der Waals surface area contributed by atoms with Gasteiger partial charge in [-0.25, -0.2) is 0 Å². The standard InChI is InChI=1S/C8H17NO2/c1-7(11)4-9-5-8(6-10)2-3-8/h7,9-11H,2-6H2,1H3. The van der Waals surface area contributed by atoms with Gasteiger partial charge >= 0.3 is 0 Å². The summed E-state index contributed by atoms with van der Waals surface area (Å²) in [4.78, 5) is 0. The Morgan fingerprint density at radius 3 is 2.55 bits per heavy atom. The lowest BCUT2D eigenvalue weighted by Crippen LogP contribution is -2.31. The summed E-state index contributed by atoms with van der Waals surface area (Å²) >= 11 is 0. The number of rotatable bonds is 5. The van der Waals surface area contributed by atoms with Gasteiger partial charge in [-0.05, 0) is 19.8 Å². The van der Waals surface area contributed by atoms with Crippen molar-refractivity contribution in [2.45, 2.75) is 25.9 Å². The molecule has 0 spiro atoms. The van der Waals surface area contributed by atoms with Gasteiger partial charge in [0, 0.05) is 25.1 Å². The fraction of sp³-hybridized carbons (Fsp3) is 1.00. The summed E-state index contributed by atoms with van der Waals surface area (Å²) in [5.74, 6) is 0. The van der Waals surface area contributed by atoms with E-state index in [1.807, 2.05) is 0 Å². The zero-order chi connectivity index (χ0) is 8.32. The SMILES string of the molecule is CC(O)CNCC1(CO)CC1. The Morgan fingerprint density at radius 1 is 1.55 bits per heavy atom. The van der Waals surface area contributed by atoms with Crippen LogP contribution in [0.2, 0.25) is 0 Å². The maximum Gasteiger partial charge on any atom is 0.0636 e. The summed E-state index contributed by atoms with van der Waals surface area (Å²) < 4.78 is 0. The summed E-state index contributed by atoms with van der Waals surface area (Å²) in [6.07, 6.45) is 1.96. The van der Waals surface area contributed by atoms with Gasteiger partial charge in [0.05, 0.1) is 6.10 Å². The average molecular weight is 159 g/mol. The van der Waals surface area contributed by atoms with Crippen molar-refractivity contribution in [3.8, 4) is 0 Å².